The van der Waals surface area contributed by atoms with Crippen LogP contribution in [0.25, 0.3) is 0 Å². The zero-order valence-electron chi connectivity index (χ0n) is 8.62. The van der Waals surface area contributed by atoms with Crippen molar-refractivity contribution in [2.45, 2.75) is 14.9 Å². The molecule has 1 amide bonds. The SMILES string of the molecule is O=C(C(Cl)Cl)N1c2ccccc2OC1C(Cl)(Cl)Cl. The number of ether oxygens (including phenoxy) is 1. The molecule has 0 aromatic heterocycles. The third-order valence-corrected chi connectivity index (χ3v) is 3.24. The maximum atomic E-state index is 12.0. The van der Waals surface area contributed by atoms with Crippen LogP contribution in [0, 0.1) is 0 Å². The fourth-order valence-electron chi connectivity index (χ4n) is 1.61. The highest BCUT2D eigenvalue weighted by molar-refractivity contribution is 6.68. The minimum Gasteiger partial charge on any atom is -0.463 e. The van der Waals surface area contributed by atoms with Crippen molar-refractivity contribution in [2.75, 3.05) is 4.90 Å². The van der Waals surface area contributed by atoms with E-state index in [9.17, 15) is 4.79 Å². The normalized spacial score (nSPS) is 18.8. The Hall–Kier alpha value is -0.0600. The highest BCUT2D eigenvalue weighted by Crippen LogP contribution is 2.45. The molecule has 98 valence electrons. The van der Waals surface area contributed by atoms with Crippen LogP contribution in [0.4, 0.5) is 5.69 Å². The lowest BCUT2D eigenvalue weighted by Gasteiger charge is -2.28. The molecule has 1 atom stereocenters. The number of nitrogens with zero attached hydrogens (tertiary/aromatic N) is 1. The number of rotatable bonds is 1. The molecular formula is C10H6Cl5NO2. The molecule has 2 rings (SSSR count). The first-order valence-corrected chi connectivity index (χ1v) is 6.76. The van der Waals surface area contributed by atoms with Crippen molar-refractivity contribution in [3.8, 4) is 5.75 Å². The van der Waals surface area contributed by atoms with Crippen molar-refractivity contribution in [1.82, 2.24) is 0 Å². The van der Waals surface area contributed by atoms with E-state index in [4.69, 9.17) is 62.7 Å². The van der Waals surface area contributed by atoms with Gasteiger partial charge in [-0.25, -0.2) is 0 Å². The molecule has 0 aliphatic carbocycles. The molecular weight excluding hydrogens is 343 g/mol. The summed E-state index contributed by atoms with van der Waals surface area (Å²) in [6.45, 7) is 0. The molecule has 0 fully saturated rings. The second-order valence-electron chi connectivity index (χ2n) is 3.49. The lowest BCUT2D eigenvalue weighted by atomic mass is 10.3. The minimum atomic E-state index is -1.82. The zero-order chi connectivity index (χ0) is 13.5. The molecule has 8 heteroatoms. The Labute approximate surface area is 128 Å². The molecule has 0 saturated carbocycles. The van der Waals surface area contributed by atoms with Crippen molar-refractivity contribution in [2.24, 2.45) is 0 Å². The van der Waals surface area contributed by atoms with Crippen LogP contribution in [-0.2, 0) is 4.79 Å². The van der Waals surface area contributed by atoms with Crippen molar-refractivity contribution >= 4 is 69.6 Å². The summed E-state index contributed by atoms with van der Waals surface area (Å²) < 4.78 is 3.63. The molecule has 1 aliphatic rings. The Morgan fingerprint density at radius 3 is 2.44 bits per heavy atom. The molecule has 0 N–H and O–H groups in total. The van der Waals surface area contributed by atoms with E-state index < -0.39 is 20.8 Å². The topological polar surface area (TPSA) is 29.5 Å². The Kier molecular flexibility index (Phi) is 4.10. The number of halogens is 5. The van der Waals surface area contributed by atoms with E-state index in [2.05, 4.69) is 0 Å². The van der Waals surface area contributed by atoms with Gasteiger partial charge in [0.2, 0.25) is 10.0 Å². The van der Waals surface area contributed by atoms with Gasteiger partial charge in [-0.05, 0) is 12.1 Å². The standard InChI is InChI=1S/C10H6Cl5NO2/c11-7(12)8(17)16-5-3-1-2-4-6(5)18-9(16)10(13,14)15/h1-4,7,9H. The van der Waals surface area contributed by atoms with Gasteiger partial charge in [0.1, 0.15) is 5.75 Å². The van der Waals surface area contributed by atoms with Crippen LogP contribution in [0.1, 0.15) is 0 Å². The molecule has 1 heterocycles. The fraction of sp³-hybridized carbons (Fsp3) is 0.300. The lowest BCUT2D eigenvalue weighted by molar-refractivity contribution is -0.118. The summed E-state index contributed by atoms with van der Waals surface area (Å²) in [7, 11) is 0. The quantitative estimate of drug-likeness (QED) is 0.720. The van der Waals surface area contributed by atoms with E-state index in [1.807, 2.05) is 0 Å². The zero-order valence-corrected chi connectivity index (χ0v) is 12.4. The van der Waals surface area contributed by atoms with Crippen molar-refractivity contribution in [3.05, 3.63) is 24.3 Å². The van der Waals surface area contributed by atoms with Gasteiger partial charge in [-0.15, -0.1) is 0 Å². The van der Waals surface area contributed by atoms with Gasteiger partial charge in [0, 0.05) is 0 Å². The number of amides is 1. The van der Waals surface area contributed by atoms with Crippen LogP contribution >= 0.6 is 58.0 Å². The van der Waals surface area contributed by atoms with Gasteiger partial charge in [-0.2, -0.15) is 0 Å². The summed E-state index contributed by atoms with van der Waals surface area (Å²) in [5.41, 5.74) is 0.463. The molecule has 1 aromatic rings. The molecule has 0 radical (unpaired) electrons. The summed E-state index contributed by atoms with van der Waals surface area (Å²) in [5.74, 6) is -0.184. The Morgan fingerprint density at radius 2 is 1.89 bits per heavy atom. The predicted octanol–water partition coefficient (Wildman–Crippen LogP) is 3.91. The molecule has 1 aliphatic heterocycles. The van der Waals surface area contributed by atoms with Gasteiger partial charge >= 0.3 is 0 Å². The number of carbonyl (C=O) groups is 1. The van der Waals surface area contributed by atoms with Crippen molar-refractivity contribution in [1.29, 1.82) is 0 Å². The number of hydrogen-bond acceptors (Lipinski definition) is 2. The van der Waals surface area contributed by atoms with Crippen LogP contribution in [0.2, 0.25) is 0 Å². The Morgan fingerprint density at radius 1 is 1.28 bits per heavy atom. The van der Waals surface area contributed by atoms with Crippen LogP contribution < -0.4 is 9.64 Å². The first-order valence-electron chi connectivity index (χ1n) is 4.76. The van der Waals surface area contributed by atoms with Gasteiger partial charge < -0.3 is 4.74 Å². The van der Waals surface area contributed by atoms with Gasteiger partial charge in [0.15, 0.2) is 4.84 Å². The second kappa shape index (κ2) is 5.14. The van der Waals surface area contributed by atoms with Crippen molar-refractivity contribution in [3.63, 3.8) is 0 Å². The second-order valence-corrected chi connectivity index (χ2v) is 6.95. The Bertz CT molecular complexity index is 474. The predicted molar refractivity (Wildman–Crippen MR) is 74.1 cm³/mol. The number of para-hydroxylation sites is 2. The van der Waals surface area contributed by atoms with Crippen LogP contribution in [-0.4, -0.2) is 20.8 Å². The third-order valence-electron chi connectivity index (χ3n) is 2.30. The molecule has 18 heavy (non-hydrogen) atoms. The minimum absolute atomic E-state index is 0.427. The smallest absolute Gasteiger partial charge is 0.263 e. The first-order chi connectivity index (χ1) is 8.32. The van der Waals surface area contributed by atoms with E-state index >= 15 is 0 Å². The Balaban J connectivity index is 2.45. The van der Waals surface area contributed by atoms with Gasteiger partial charge in [-0.3, -0.25) is 9.69 Å². The van der Waals surface area contributed by atoms with Gasteiger partial charge in [-0.1, -0.05) is 70.1 Å². The van der Waals surface area contributed by atoms with E-state index in [0.717, 1.165) is 4.90 Å². The number of hydrogen-bond donors (Lipinski definition) is 0. The van der Waals surface area contributed by atoms with Crippen molar-refractivity contribution < 1.29 is 9.53 Å². The number of anilines is 1. The van der Waals surface area contributed by atoms with E-state index in [-0.39, 0.29) is 0 Å². The first kappa shape index (κ1) is 14.4. The van der Waals surface area contributed by atoms with E-state index in [1.54, 1.807) is 24.3 Å². The van der Waals surface area contributed by atoms with Gasteiger partial charge in [0.05, 0.1) is 5.69 Å². The molecule has 0 bridgehead atoms. The summed E-state index contributed by atoms with van der Waals surface area (Å²) >= 11 is 28.6. The highest BCUT2D eigenvalue weighted by Gasteiger charge is 2.48. The number of carbonyl (C=O) groups excluding carboxylic acids is 1. The molecule has 3 nitrogen and oxygen atoms in total. The monoisotopic (exact) mass is 347 g/mol. The lowest BCUT2D eigenvalue weighted by Crippen LogP contribution is -2.49. The highest BCUT2D eigenvalue weighted by atomic mass is 35.6. The average molecular weight is 349 g/mol. The van der Waals surface area contributed by atoms with Crippen LogP contribution in [0.5, 0.6) is 5.75 Å². The van der Waals surface area contributed by atoms with E-state index in [1.165, 1.54) is 0 Å². The molecule has 1 aromatic carbocycles. The third kappa shape index (κ3) is 2.61. The fourth-order valence-corrected chi connectivity index (χ4v) is 2.24. The molecule has 0 spiro atoms. The maximum Gasteiger partial charge on any atom is 0.263 e. The summed E-state index contributed by atoms with van der Waals surface area (Å²) in [4.78, 5) is 11.8. The molecule has 1 unspecified atom stereocenters. The summed E-state index contributed by atoms with van der Waals surface area (Å²) in [5, 5.41) is 0. The largest absolute Gasteiger partial charge is 0.463 e. The molecule has 0 saturated heterocycles. The van der Waals surface area contributed by atoms with Crippen LogP contribution in [0.3, 0.4) is 0 Å². The average Bonchev–Trinajstić information content (AvgIpc) is 2.66. The van der Waals surface area contributed by atoms with Gasteiger partial charge in [0.25, 0.3) is 5.91 Å². The maximum absolute atomic E-state index is 12.0. The number of benzene rings is 1. The number of fused-ring (bicyclic) bond motifs is 1. The van der Waals surface area contributed by atoms with Crippen LogP contribution in [0.15, 0.2) is 24.3 Å². The summed E-state index contributed by atoms with van der Waals surface area (Å²) in [6, 6.07) is 6.77. The number of alkyl halides is 5. The summed E-state index contributed by atoms with van der Waals surface area (Å²) in [6.07, 6.45) is -1.10. The van der Waals surface area contributed by atoms with E-state index in [0.29, 0.717) is 11.4 Å².